The zero-order chi connectivity index (χ0) is 19.7. The van der Waals surface area contributed by atoms with E-state index in [2.05, 4.69) is 0 Å². The molecule has 3 aromatic rings. The molecule has 28 heavy (non-hydrogen) atoms. The lowest BCUT2D eigenvalue weighted by molar-refractivity contribution is -0.133. The number of ether oxygens (including phenoxy) is 1. The van der Waals surface area contributed by atoms with Crippen molar-refractivity contribution in [1.29, 1.82) is 0 Å². The van der Waals surface area contributed by atoms with E-state index in [9.17, 15) is 9.59 Å². The second-order valence-electron chi connectivity index (χ2n) is 7.20. The molecule has 0 radical (unpaired) electrons. The first-order valence-corrected chi connectivity index (χ1v) is 9.72. The SMILES string of the molecule is CCn1c(=O)n(CC(=O)N(Cc2ccc(OC)cc2)C2CC2)c2ccccc21. The minimum Gasteiger partial charge on any atom is -0.497 e. The van der Waals surface area contributed by atoms with Gasteiger partial charge in [-0.3, -0.25) is 13.9 Å². The maximum Gasteiger partial charge on any atom is 0.329 e. The minimum absolute atomic E-state index is 0.0144. The van der Waals surface area contributed by atoms with Gasteiger partial charge in [0.15, 0.2) is 0 Å². The predicted molar refractivity (Wildman–Crippen MR) is 108 cm³/mol. The molecule has 1 heterocycles. The van der Waals surface area contributed by atoms with Gasteiger partial charge < -0.3 is 9.64 Å². The van der Waals surface area contributed by atoms with E-state index >= 15 is 0 Å². The molecular formula is C22H25N3O3. The predicted octanol–water partition coefficient (Wildman–Crippen LogP) is 3.02. The second-order valence-corrected chi connectivity index (χ2v) is 7.20. The number of amides is 1. The Morgan fingerprint density at radius 3 is 2.29 bits per heavy atom. The molecule has 4 rings (SSSR count). The highest BCUT2D eigenvalue weighted by Gasteiger charge is 2.33. The van der Waals surface area contributed by atoms with Gasteiger partial charge in [0.25, 0.3) is 0 Å². The summed E-state index contributed by atoms with van der Waals surface area (Å²) in [6.07, 6.45) is 2.04. The van der Waals surface area contributed by atoms with E-state index in [0.29, 0.717) is 13.1 Å². The van der Waals surface area contributed by atoms with Gasteiger partial charge in [-0.15, -0.1) is 0 Å². The monoisotopic (exact) mass is 379 g/mol. The van der Waals surface area contributed by atoms with Crippen molar-refractivity contribution in [2.45, 2.75) is 45.4 Å². The standard InChI is InChI=1S/C22H25N3O3/c1-3-23-19-6-4-5-7-20(19)25(22(23)27)15-21(26)24(17-10-11-17)14-16-8-12-18(28-2)13-9-16/h4-9,12-13,17H,3,10-11,14-15H2,1-2H3. The Kier molecular flexibility index (Phi) is 4.94. The second kappa shape index (κ2) is 7.54. The first-order chi connectivity index (χ1) is 13.6. The third-order valence-electron chi connectivity index (χ3n) is 5.35. The molecule has 0 N–H and O–H groups in total. The summed E-state index contributed by atoms with van der Waals surface area (Å²) in [6.45, 7) is 3.15. The topological polar surface area (TPSA) is 56.5 Å². The Morgan fingerprint density at radius 2 is 1.71 bits per heavy atom. The van der Waals surface area contributed by atoms with Crippen LogP contribution in [0.4, 0.5) is 0 Å². The van der Waals surface area contributed by atoms with Gasteiger partial charge in [-0.05, 0) is 49.6 Å². The van der Waals surface area contributed by atoms with Crippen LogP contribution in [0.3, 0.4) is 0 Å². The highest BCUT2D eigenvalue weighted by atomic mass is 16.5. The van der Waals surface area contributed by atoms with Crippen LogP contribution in [-0.4, -0.2) is 33.1 Å². The number of hydrogen-bond donors (Lipinski definition) is 0. The number of methoxy groups -OCH3 is 1. The Labute approximate surface area is 163 Å². The molecule has 6 nitrogen and oxygen atoms in total. The molecule has 0 bridgehead atoms. The van der Waals surface area contributed by atoms with Crippen molar-refractivity contribution in [2.24, 2.45) is 0 Å². The number of hydrogen-bond acceptors (Lipinski definition) is 3. The largest absolute Gasteiger partial charge is 0.497 e. The quantitative estimate of drug-likeness (QED) is 0.634. The van der Waals surface area contributed by atoms with Crippen molar-refractivity contribution in [2.75, 3.05) is 7.11 Å². The summed E-state index contributed by atoms with van der Waals surface area (Å²) in [6, 6.07) is 15.7. The molecule has 146 valence electrons. The highest BCUT2D eigenvalue weighted by Crippen LogP contribution is 2.29. The highest BCUT2D eigenvalue weighted by molar-refractivity contribution is 5.81. The third-order valence-corrected chi connectivity index (χ3v) is 5.35. The molecule has 0 spiro atoms. The number of aromatic nitrogens is 2. The van der Waals surface area contributed by atoms with Crippen molar-refractivity contribution < 1.29 is 9.53 Å². The molecule has 0 saturated heterocycles. The molecule has 0 atom stereocenters. The number of carbonyl (C=O) groups is 1. The number of imidazole rings is 1. The van der Waals surface area contributed by atoms with E-state index in [-0.39, 0.29) is 24.2 Å². The van der Waals surface area contributed by atoms with Crippen molar-refractivity contribution >= 4 is 16.9 Å². The molecular weight excluding hydrogens is 354 g/mol. The number of benzene rings is 2. The lowest BCUT2D eigenvalue weighted by Gasteiger charge is -2.23. The summed E-state index contributed by atoms with van der Waals surface area (Å²) in [5, 5.41) is 0. The van der Waals surface area contributed by atoms with Crippen LogP contribution in [0.1, 0.15) is 25.3 Å². The summed E-state index contributed by atoms with van der Waals surface area (Å²) < 4.78 is 8.52. The van der Waals surface area contributed by atoms with Crippen LogP contribution in [0.25, 0.3) is 11.0 Å². The summed E-state index contributed by atoms with van der Waals surface area (Å²) in [5.41, 5.74) is 2.61. The number of aryl methyl sites for hydroxylation is 1. The van der Waals surface area contributed by atoms with Crippen LogP contribution in [0, 0.1) is 0 Å². The minimum atomic E-state index is -0.128. The van der Waals surface area contributed by atoms with E-state index in [1.165, 1.54) is 0 Å². The third kappa shape index (κ3) is 3.42. The van der Waals surface area contributed by atoms with Crippen LogP contribution in [-0.2, 0) is 24.4 Å². The van der Waals surface area contributed by atoms with Gasteiger partial charge in [0, 0.05) is 19.1 Å². The van der Waals surface area contributed by atoms with Gasteiger partial charge in [0.1, 0.15) is 12.3 Å². The molecule has 1 aliphatic rings. The van der Waals surface area contributed by atoms with Gasteiger partial charge in [-0.1, -0.05) is 24.3 Å². The maximum atomic E-state index is 13.1. The molecule has 1 fully saturated rings. The Balaban J connectivity index is 1.60. The van der Waals surface area contributed by atoms with Gasteiger partial charge in [0.05, 0.1) is 18.1 Å². The smallest absolute Gasteiger partial charge is 0.329 e. The van der Waals surface area contributed by atoms with Gasteiger partial charge in [-0.2, -0.15) is 0 Å². The van der Waals surface area contributed by atoms with Crippen LogP contribution in [0.2, 0.25) is 0 Å². The lowest BCUT2D eigenvalue weighted by atomic mass is 10.2. The first-order valence-electron chi connectivity index (χ1n) is 9.72. The lowest BCUT2D eigenvalue weighted by Crippen LogP contribution is -2.37. The number of nitrogens with zero attached hydrogens (tertiary/aromatic N) is 3. The van der Waals surface area contributed by atoms with E-state index < -0.39 is 0 Å². The fourth-order valence-corrected chi connectivity index (χ4v) is 3.69. The summed E-state index contributed by atoms with van der Waals surface area (Å²) in [7, 11) is 1.64. The van der Waals surface area contributed by atoms with E-state index in [1.807, 2.05) is 60.4 Å². The van der Waals surface area contributed by atoms with Gasteiger partial charge >= 0.3 is 5.69 Å². The van der Waals surface area contributed by atoms with Crippen molar-refractivity contribution in [1.82, 2.24) is 14.0 Å². The average Bonchev–Trinajstić information content (AvgIpc) is 3.52. The zero-order valence-electron chi connectivity index (χ0n) is 16.3. The van der Waals surface area contributed by atoms with Crippen LogP contribution < -0.4 is 10.4 Å². The average molecular weight is 379 g/mol. The molecule has 1 aliphatic carbocycles. The van der Waals surface area contributed by atoms with Crippen LogP contribution in [0.5, 0.6) is 5.75 Å². The zero-order valence-corrected chi connectivity index (χ0v) is 16.3. The molecule has 0 unspecified atom stereocenters. The number of rotatable bonds is 7. The molecule has 1 amide bonds. The van der Waals surface area contributed by atoms with Gasteiger partial charge in [-0.25, -0.2) is 4.79 Å². The fraction of sp³-hybridized carbons (Fsp3) is 0.364. The van der Waals surface area contributed by atoms with E-state index in [4.69, 9.17) is 4.74 Å². The van der Waals surface area contributed by atoms with Gasteiger partial charge in [0.2, 0.25) is 5.91 Å². The Hall–Kier alpha value is -3.02. The molecule has 1 aromatic heterocycles. The van der Waals surface area contributed by atoms with Crippen LogP contribution in [0.15, 0.2) is 53.3 Å². The fourth-order valence-electron chi connectivity index (χ4n) is 3.69. The van der Waals surface area contributed by atoms with E-state index in [1.54, 1.807) is 16.2 Å². The van der Waals surface area contributed by atoms with Crippen LogP contribution >= 0.6 is 0 Å². The van der Waals surface area contributed by atoms with Crippen molar-refractivity contribution in [3.05, 3.63) is 64.6 Å². The normalized spacial score (nSPS) is 13.6. The van der Waals surface area contributed by atoms with Crippen molar-refractivity contribution in [3.63, 3.8) is 0 Å². The number of carbonyl (C=O) groups excluding carboxylic acids is 1. The van der Waals surface area contributed by atoms with E-state index in [0.717, 1.165) is 35.2 Å². The molecule has 2 aromatic carbocycles. The first kappa shape index (κ1) is 18.3. The molecule has 1 saturated carbocycles. The van der Waals surface area contributed by atoms with Crippen molar-refractivity contribution in [3.8, 4) is 5.75 Å². The molecule has 0 aliphatic heterocycles. The Morgan fingerprint density at radius 1 is 1.07 bits per heavy atom. The molecule has 6 heteroatoms. The summed E-state index contributed by atoms with van der Waals surface area (Å²) >= 11 is 0. The Bertz CT molecular complexity index is 1050. The summed E-state index contributed by atoms with van der Waals surface area (Å²) in [4.78, 5) is 27.9. The number of fused-ring (bicyclic) bond motifs is 1. The summed E-state index contributed by atoms with van der Waals surface area (Å²) in [5.74, 6) is 0.784. The maximum absolute atomic E-state index is 13.1. The number of para-hydroxylation sites is 2.